The molecule has 0 bridgehead atoms. The maximum atomic E-state index is 12.3. The number of fused-ring (bicyclic) bond motifs is 1. The van der Waals surface area contributed by atoms with Crippen molar-refractivity contribution in [3.05, 3.63) is 0 Å². The molecule has 1 unspecified atom stereocenters. The van der Waals surface area contributed by atoms with E-state index < -0.39 is 6.04 Å². The highest BCUT2D eigenvalue weighted by Crippen LogP contribution is 2.26. The minimum Gasteiger partial charge on any atom is -0.289 e. The third-order valence-electron chi connectivity index (χ3n) is 3.47. The molecule has 3 rings (SSSR count). The van der Waals surface area contributed by atoms with Crippen LogP contribution < -0.4 is 0 Å². The molecule has 2 saturated heterocycles. The quantitative estimate of drug-likeness (QED) is 0.631. The molecule has 0 spiro atoms. The van der Waals surface area contributed by atoms with E-state index in [9.17, 15) is 9.59 Å². The van der Waals surface area contributed by atoms with Crippen LogP contribution in [0.5, 0.6) is 0 Å². The molecule has 3 aliphatic rings. The monoisotopic (exact) mass is 253 g/mol. The number of piperidine rings is 1. The molecular weight excluding hydrogens is 238 g/mol. The van der Waals surface area contributed by atoms with Gasteiger partial charge in [-0.05, 0) is 25.9 Å². The highest BCUT2D eigenvalue weighted by molar-refractivity contribution is 8.14. The molecule has 0 saturated carbocycles. The summed E-state index contributed by atoms with van der Waals surface area (Å²) >= 11 is 1.50. The minimum absolute atomic E-state index is 0.0631. The van der Waals surface area contributed by atoms with Gasteiger partial charge in [-0.3, -0.25) is 19.4 Å². The molecule has 0 aromatic heterocycles. The van der Waals surface area contributed by atoms with Crippen LogP contribution >= 0.6 is 11.8 Å². The van der Waals surface area contributed by atoms with Gasteiger partial charge in [-0.2, -0.15) is 4.99 Å². The second kappa shape index (κ2) is 4.42. The summed E-state index contributed by atoms with van der Waals surface area (Å²) in [7, 11) is 0. The zero-order valence-corrected chi connectivity index (χ0v) is 10.4. The van der Waals surface area contributed by atoms with Gasteiger partial charge in [0.1, 0.15) is 0 Å². The summed E-state index contributed by atoms with van der Waals surface area (Å²) in [4.78, 5) is 32.0. The van der Waals surface area contributed by atoms with E-state index in [1.54, 1.807) is 4.90 Å². The second-order valence-corrected chi connectivity index (χ2v) is 5.63. The van der Waals surface area contributed by atoms with Crippen molar-refractivity contribution in [1.29, 1.82) is 0 Å². The van der Waals surface area contributed by atoms with Gasteiger partial charge in [-0.25, -0.2) is 0 Å². The molecule has 3 heterocycles. The lowest BCUT2D eigenvalue weighted by Crippen LogP contribution is -2.56. The zero-order chi connectivity index (χ0) is 11.8. The summed E-state index contributed by atoms with van der Waals surface area (Å²) in [6, 6.07) is -0.641. The second-order valence-electron chi connectivity index (χ2n) is 4.57. The van der Waals surface area contributed by atoms with Crippen LogP contribution in [0.25, 0.3) is 0 Å². The summed E-state index contributed by atoms with van der Waals surface area (Å²) in [6.07, 6.45) is 3.34. The molecule has 0 aliphatic carbocycles. The number of amidine groups is 1. The van der Waals surface area contributed by atoms with Gasteiger partial charge in [0, 0.05) is 12.3 Å². The number of rotatable bonds is 1. The molecule has 2 amide bonds. The van der Waals surface area contributed by atoms with E-state index in [0.717, 1.165) is 31.7 Å². The Morgan fingerprint density at radius 2 is 1.88 bits per heavy atom. The van der Waals surface area contributed by atoms with E-state index in [1.165, 1.54) is 18.2 Å². The fourth-order valence-corrected chi connectivity index (χ4v) is 3.54. The van der Waals surface area contributed by atoms with Crippen molar-refractivity contribution in [2.24, 2.45) is 4.99 Å². The third-order valence-corrected chi connectivity index (χ3v) is 4.43. The Bertz CT molecular complexity index is 390. The number of aliphatic imine (C=N–C) groups is 1. The molecule has 17 heavy (non-hydrogen) atoms. The van der Waals surface area contributed by atoms with Crippen molar-refractivity contribution in [2.75, 3.05) is 25.4 Å². The van der Waals surface area contributed by atoms with Gasteiger partial charge in [0.05, 0.1) is 0 Å². The number of amides is 2. The number of carbonyl (C=O) groups excluding carboxylic acids is 2. The van der Waals surface area contributed by atoms with Crippen molar-refractivity contribution < 1.29 is 9.59 Å². The highest BCUT2D eigenvalue weighted by atomic mass is 32.2. The molecule has 0 aromatic carbocycles. The maximum Gasteiger partial charge on any atom is 0.275 e. The van der Waals surface area contributed by atoms with Crippen LogP contribution in [0.4, 0.5) is 0 Å². The number of hydrogen-bond acceptors (Lipinski definition) is 4. The average Bonchev–Trinajstić information content (AvgIpc) is 2.78. The average molecular weight is 253 g/mol. The van der Waals surface area contributed by atoms with E-state index >= 15 is 0 Å². The first kappa shape index (κ1) is 11.2. The fraction of sp³-hybridized carbons (Fsp3) is 0.727. The number of thioether (sulfide) groups is 1. The van der Waals surface area contributed by atoms with Crippen molar-refractivity contribution in [3.63, 3.8) is 0 Å². The first-order valence-corrected chi connectivity index (χ1v) is 7.07. The molecule has 3 aliphatic heterocycles. The predicted octanol–water partition coefficient (Wildman–Crippen LogP) is 0.312. The Morgan fingerprint density at radius 3 is 2.65 bits per heavy atom. The highest BCUT2D eigenvalue weighted by Gasteiger charge is 2.43. The van der Waals surface area contributed by atoms with Gasteiger partial charge < -0.3 is 0 Å². The van der Waals surface area contributed by atoms with Gasteiger partial charge in [-0.1, -0.05) is 18.2 Å². The van der Waals surface area contributed by atoms with E-state index in [1.807, 2.05) is 4.90 Å². The van der Waals surface area contributed by atoms with Gasteiger partial charge >= 0.3 is 0 Å². The summed E-state index contributed by atoms with van der Waals surface area (Å²) in [5.74, 6) is 0.523. The zero-order valence-electron chi connectivity index (χ0n) is 9.59. The van der Waals surface area contributed by atoms with Crippen LogP contribution in [0.2, 0.25) is 0 Å². The normalized spacial score (nSPS) is 30.5. The van der Waals surface area contributed by atoms with E-state index in [4.69, 9.17) is 0 Å². The standard InChI is InChI=1S/C11H15N3O2S/c15-9-8(13-4-2-1-3-5-13)10(16)14-6-7-17-11(14)12-9/h8H,1-7H2. The molecule has 6 heteroatoms. The van der Waals surface area contributed by atoms with Crippen molar-refractivity contribution >= 4 is 28.7 Å². The summed E-state index contributed by atoms with van der Waals surface area (Å²) in [5, 5.41) is 0.605. The van der Waals surface area contributed by atoms with Crippen LogP contribution in [0, 0.1) is 0 Å². The summed E-state index contributed by atoms with van der Waals surface area (Å²) in [6.45, 7) is 2.38. The Kier molecular flexibility index (Phi) is 2.92. The Balaban J connectivity index is 1.85. The molecular formula is C11H15N3O2S. The molecule has 0 radical (unpaired) electrons. The lowest BCUT2D eigenvalue weighted by atomic mass is 10.1. The third kappa shape index (κ3) is 1.89. The van der Waals surface area contributed by atoms with Crippen molar-refractivity contribution in [1.82, 2.24) is 9.80 Å². The minimum atomic E-state index is -0.641. The predicted molar refractivity (Wildman–Crippen MR) is 65.8 cm³/mol. The van der Waals surface area contributed by atoms with Crippen LogP contribution in [0.3, 0.4) is 0 Å². The van der Waals surface area contributed by atoms with E-state index in [0.29, 0.717) is 11.7 Å². The number of carbonyl (C=O) groups is 2. The van der Waals surface area contributed by atoms with Crippen LogP contribution in [0.1, 0.15) is 19.3 Å². The SMILES string of the molecule is O=C1N=C2SCCN2C(=O)C1N1CCCCC1. The van der Waals surface area contributed by atoms with Crippen LogP contribution in [-0.2, 0) is 9.59 Å². The van der Waals surface area contributed by atoms with Gasteiger partial charge in [0.15, 0.2) is 11.2 Å². The lowest BCUT2D eigenvalue weighted by Gasteiger charge is -2.35. The van der Waals surface area contributed by atoms with Gasteiger partial charge in [0.25, 0.3) is 11.8 Å². The van der Waals surface area contributed by atoms with E-state index in [-0.39, 0.29) is 11.8 Å². The number of hydrogen-bond donors (Lipinski definition) is 0. The Hall–Kier alpha value is -0.880. The molecule has 2 fully saturated rings. The molecule has 0 aromatic rings. The lowest BCUT2D eigenvalue weighted by molar-refractivity contribution is -0.141. The maximum absolute atomic E-state index is 12.3. The molecule has 0 N–H and O–H groups in total. The molecule has 92 valence electrons. The topological polar surface area (TPSA) is 53.0 Å². The van der Waals surface area contributed by atoms with Crippen molar-refractivity contribution in [2.45, 2.75) is 25.3 Å². The largest absolute Gasteiger partial charge is 0.289 e. The van der Waals surface area contributed by atoms with Gasteiger partial charge in [-0.15, -0.1) is 0 Å². The van der Waals surface area contributed by atoms with Gasteiger partial charge in [0.2, 0.25) is 0 Å². The van der Waals surface area contributed by atoms with Crippen LogP contribution in [0.15, 0.2) is 4.99 Å². The number of likely N-dealkylation sites (tertiary alicyclic amines) is 1. The smallest absolute Gasteiger partial charge is 0.275 e. The Labute approximate surface area is 104 Å². The molecule has 5 nitrogen and oxygen atoms in total. The first-order valence-electron chi connectivity index (χ1n) is 6.08. The molecule has 1 atom stereocenters. The van der Waals surface area contributed by atoms with E-state index in [2.05, 4.69) is 4.99 Å². The first-order chi connectivity index (χ1) is 8.27. The number of nitrogens with zero attached hydrogens (tertiary/aromatic N) is 3. The van der Waals surface area contributed by atoms with Crippen molar-refractivity contribution in [3.8, 4) is 0 Å². The summed E-state index contributed by atoms with van der Waals surface area (Å²) in [5.41, 5.74) is 0. The summed E-state index contributed by atoms with van der Waals surface area (Å²) < 4.78 is 0. The fourth-order valence-electron chi connectivity index (χ4n) is 2.60. The Morgan fingerprint density at radius 1 is 1.12 bits per heavy atom. The van der Waals surface area contributed by atoms with Crippen LogP contribution in [-0.4, -0.2) is 58.2 Å².